The summed E-state index contributed by atoms with van der Waals surface area (Å²) in [4.78, 5) is 15.1. The van der Waals surface area contributed by atoms with E-state index < -0.39 is 0 Å². The molecule has 0 saturated carbocycles. The van der Waals surface area contributed by atoms with Crippen LogP contribution in [0.5, 0.6) is 0 Å². The molecular weight excluding hydrogens is 561 g/mol. The van der Waals surface area contributed by atoms with Gasteiger partial charge >= 0.3 is 0 Å². The van der Waals surface area contributed by atoms with Crippen LogP contribution < -0.4 is 0 Å². The SMILES string of the molecule is [Pt].[c-]1c2cccc1c1ccc3ccc4ccc5ccc(nc5c4c3n1)c1cccc2n1. The molecule has 148 valence electrons. The summed E-state index contributed by atoms with van der Waals surface area (Å²) in [5.41, 5.74) is 5.43. The quantitative estimate of drug-likeness (QED) is 0.151. The van der Waals surface area contributed by atoms with Gasteiger partial charge in [-0.2, -0.15) is 0 Å². The van der Waals surface area contributed by atoms with Crippen molar-refractivity contribution in [3.05, 3.63) is 91.0 Å². The summed E-state index contributed by atoms with van der Waals surface area (Å²) in [6, 6.07) is 32.7. The summed E-state index contributed by atoms with van der Waals surface area (Å²) in [5.74, 6) is 0. The number of pyridine rings is 3. The summed E-state index contributed by atoms with van der Waals surface area (Å²) in [6.45, 7) is 0. The zero-order valence-corrected chi connectivity index (χ0v) is 18.5. The predicted octanol–water partition coefficient (Wildman–Crippen LogP) is 6.59. The van der Waals surface area contributed by atoms with E-state index in [1.807, 2.05) is 36.4 Å². The molecule has 0 N–H and O–H groups in total. The Bertz CT molecular complexity index is 1680. The third-order valence-electron chi connectivity index (χ3n) is 5.86. The molecule has 0 fully saturated rings. The third kappa shape index (κ3) is 2.74. The van der Waals surface area contributed by atoms with Gasteiger partial charge in [0.1, 0.15) is 0 Å². The van der Waals surface area contributed by atoms with Crippen LogP contribution in [0.3, 0.4) is 0 Å². The van der Waals surface area contributed by atoms with Gasteiger partial charge in [-0.05, 0) is 22.9 Å². The fraction of sp³-hybridized carbons (Fsp3) is 0. The van der Waals surface area contributed by atoms with E-state index in [1.165, 1.54) is 0 Å². The van der Waals surface area contributed by atoms with Crippen LogP contribution in [0.15, 0.2) is 84.9 Å². The zero-order valence-electron chi connectivity index (χ0n) is 16.2. The number of aromatic nitrogens is 3. The Balaban J connectivity index is 0.00000185. The fourth-order valence-electron chi connectivity index (χ4n) is 4.36. The second kappa shape index (κ2) is 6.80. The Morgan fingerprint density at radius 2 is 0.935 bits per heavy atom. The number of hydrogen-bond donors (Lipinski definition) is 0. The largest absolute Gasteiger partial charge is 0.286 e. The Morgan fingerprint density at radius 1 is 0.452 bits per heavy atom. The van der Waals surface area contributed by atoms with Crippen LogP contribution in [0.1, 0.15) is 0 Å². The van der Waals surface area contributed by atoms with Gasteiger partial charge in [0.15, 0.2) is 0 Å². The van der Waals surface area contributed by atoms with E-state index in [4.69, 9.17) is 15.0 Å². The number of fused-ring (bicyclic) bond motifs is 9. The van der Waals surface area contributed by atoms with Crippen molar-refractivity contribution in [3.63, 3.8) is 0 Å². The molecule has 4 heteroatoms. The molecule has 0 aliphatic carbocycles. The summed E-state index contributed by atoms with van der Waals surface area (Å²) < 4.78 is 0. The zero-order chi connectivity index (χ0) is 19.7. The van der Waals surface area contributed by atoms with E-state index in [0.29, 0.717) is 0 Å². The first-order valence-electron chi connectivity index (χ1n) is 9.97. The fourth-order valence-corrected chi connectivity index (χ4v) is 4.36. The topological polar surface area (TPSA) is 38.7 Å². The van der Waals surface area contributed by atoms with E-state index in [0.717, 1.165) is 65.4 Å². The molecule has 0 amide bonds. The van der Waals surface area contributed by atoms with Gasteiger partial charge in [-0.3, -0.25) is 9.97 Å². The Hall–Kier alpha value is -3.42. The van der Waals surface area contributed by atoms with Crippen molar-refractivity contribution >= 4 is 65.4 Å². The number of hydrogen-bond acceptors (Lipinski definition) is 3. The molecule has 31 heavy (non-hydrogen) atoms. The molecule has 3 aromatic carbocycles. The number of benzene rings is 3. The molecular formula is C27H14N3Pt-. The first-order valence-corrected chi connectivity index (χ1v) is 9.97. The van der Waals surface area contributed by atoms with Crippen molar-refractivity contribution in [2.24, 2.45) is 0 Å². The molecule has 0 atom stereocenters. The van der Waals surface area contributed by atoms with E-state index in [1.54, 1.807) is 0 Å². The van der Waals surface area contributed by atoms with Crippen LogP contribution in [0.25, 0.3) is 65.4 Å². The van der Waals surface area contributed by atoms with Crippen LogP contribution in [0, 0.1) is 6.07 Å². The molecule has 7 aromatic rings. The van der Waals surface area contributed by atoms with E-state index in [-0.39, 0.29) is 21.1 Å². The second-order valence-corrected chi connectivity index (χ2v) is 7.65. The van der Waals surface area contributed by atoms with Crippen molar-refractivity contribution in [2.75, 3.05) is 0 Å². The van der Waals surface area contributed by atoms with Crippen molar-refractivity contribution < 1.29 is 21.1 Å². The maximum absolute atomic E-state index is 5.09. The summed E-state index contributed by atoms with van der Waals surface area (Å²) in [5, 5.41) is 6.34. The monoisotopic (exact) mass is 575 g/mol. The van der Waals surface area contributed by atoms with Crippen LogP contribution in [-0.4, -0.2) is 15.0 Å². The average molecular weight is 576 g/mol. The maximum Gasteiger partial charge on any atom is 0.0886 e. The van der Waals surface area contributed by atoms with Crippen LogP contribution >= 0.6 is 0 Å². The van der Waals surface area contributed by atoms with Gasteiger partial charge in [-0.1, -0.05) is 65.4 Å². The summed E-state index contributed by atoms with van der Waals surface area (Å²) in [6.07, 6.45) is 0. The molecule has 4 aromatic heterocycles. The minimum absolute atomic E-state index is 0. The Labute approximate surface area is 192 Å². The molecule has 0 saturated heterocycles. The summed E-state index contributed by atoms with van der Waals surface area (Å²) >= 11 is 0. The molecule has 0 aliphatic heterocycles. The van der Waals surface area contributed by atoms with Gasteiger partial charge in [0.2, 0.25) is 0 Å². The molecule has 0 spiro atoms. The van der Waals surface area contributed by atoms with Crippen LogP contribution in [-0.2, 0) is 21.1 Å². The van der Waals surface area contributed by atoms with Crippen molar-refractivity contribution in [1.29, 1.82) is 0 Å². The first-order chi connectivity index (χ1) is 14.8. The molecule has 4 heterocycles. The van der Waals surface area contributed by atoms with Gasteiger partial charge < -0.3 is 0 Å². The van der Waals surface area contributed by atoms with Gasteiger partial charge in [-0.15, -0.1) is 24.3 Å². The summed E-state index contributed by atoms with van der Waals surface area (Å²) in [7, 11) is 0. The van der Waals surface area contributed by atoms with E-state index in [2.05, 4.69) is 54.6 Å². The van der Waals surface area contributed by atoms with Crippen molar-refractivity contribution in [3.8, 4) is 0 Å². The average Bonchev–Trinajstić information content (AvgIpc) is 2.82. The van der Waals surface area contributed by atoms with Crippen molar-refractivity contribution in [2.45, 2.75) is 0 Å². The van der Waals surface area contributed by atoms with Gasteiger partial charge in [0, 0.05) is 42.9 Å². The normalized spacial score (nSPS) is 11.6. The Kier molecular flexibility index (Phi) is 4.02. The van der Waals surface area contributed by atoms with Gasteiger partial charge in [0.05, 0.1) is 22.1 Å². The number of rotatable bonds is 0. The molecule has 7 rings (SSSR count). The molecule has 8 bridgehead atoms. The third-order valence-corrected chi connectivity index (χ3v) is 5.86. The van der Waals surface area contributed by atoms with Crippen LogP contribution in [0.4, 0.5) is 0 Å². The van der Waals surface area contributed by atoms with E-state index in [9.17, 15) is 0 Å². The second-order valence-electron chi connectivity index (χ2n) is 7.65. The van der Waals surface area contributed by atoms with Crippen molar-refractivity contribution in [1.82, 2.24) is 15.0 Å². The van der Waals surface area contributed by atoms with Gasteiger partial charge in [0.25, 0.3) is 0 Å². The number of nitrogens with zero attached hydrogens (tertiary/aromatic N) is 3. The Morgan fingerprint density at radius 3 is 1.68 bits per heavy atom. The molecule has 0 aliphatic rings. The smallest absolute Gasteiger partial charge is 0.0886 e. The first kappa shape index (κ1) is 18.4. The molecule has 0 radical (unpaired) electrons. The van der Waals surface area contributed by atoms with Crippen LogP contribution in [0.2, 0.25) is 0 Å². The molecule has 3 nitrogen and oxygen atoms in total. The minimum atomic E-state index is 0. The minimum Gasteiger partial charge on any atom is -0.286 e. The molecule has 0 unspecified atom stereocenters. The standard InChI is InChI=1S/C27H14N3.Pt/c1-3-19-15-20(4-1)22-13-11-17-9-7-16-8-10-18-12-14-24(23-6-2-5-21(19)28-23)30-27(18)25(16)26(17)29-22;/h1-14H;/q-1;. The van der Waals surface area contributed by atoms with Gasteiger partial charge in [-0.25, -0.2) is 4.98 Å². The maximum atomic E-state index is 5.09. The van der Waals surface area contributed by atoms with E-state index >= 15 is 0 Å². The predicted molar refractivity (Wildman–Crippen MR) is 124 cm³/mol.